The van der Waals surface area contributed by atoms with E-state index in [4.69, 9.17) is 18.6 Å². The zero-order chi connectivity index (χ0) is 23.1. The van der Waals surface area contributed by atoms with Crippen molar-refractivity contribution >= 4 is 44.5 Å². The summed E-state index contributed by atoms with van der Waals surface area (Å²) < 4.78 is 22.4. The van der Waals surface area contributed by atoms with Gasteiger partial charge in [0.2, 0.25) is 6.79 Å². The Morgan fingerprint density at radius 2 is 1.97 bits per heavy atom. The minimum atomic E-state index is 0.220. The van der Waals surface area contributed by atoms with E-state index >= 15 is 0 Å². The molecule has 0 spiro atoms. The lowest BCUT2D eigenvalue weighted by atomic mass is 10.1. The van der Waals surface area contributed by atoms with Crippen LogP contribution in [0.2, 0.25) is 0 Å². The molecule has 0 unspecified atom stereocenters. The van der Waals surface area contributed by atoms with E-state index in [1.165, 1.54) is 11.3 Å². The normalized spacial score (nSPS) is 12.8. The summed E-state index contributed by atoms with van der Waals surface area (Å²) in [6.07, 6.45) is 1.63. The van der Waals surface area contributed by atoms with Crippen molar-refractivity contribution in [3.05, 3.63) is 71.2 Å². The molecule has 2 aromatic heterocycles. The van der Waals surface area contributed by atoms with Crippen LogP contribution in [0.25, 0.3) is 38.8 Å². The minimum Gasteiger partial charge on any atom is -0.495 e. The molecule has 0 radical (unpaired) electrons. The maximum absolute atomic E-state index is 9.78. The second-order valence-corrected chi connectivity index (χ2v) is 8.43. The Morgan fingerprint density at radius 1 is 1.09 bits per heavy atom. The maximum Gasteiger partial charge on any atom is 0.231 e. The molecular weight excluding hydrogens is 450 g/mol. The molecule has 3 heterocycles. The van der Waals surface area contributed by atoms with Crippen LogP contribution in [0, 0.1) is 11.3 Å². The van der Waals surface area contributed by atoms with Crippen LogP contribution in [0.1, 0.15) is 5.01 Å². The predicted molar refractivity (Wildman–Crippen MR) is 131 cm³/mol. The summed E-state index contributed by atoms with van der Waals surface area (Å²) in [6, 6.07) is 19.6. The highest BCUT2D eigenvalue weighted by Crippen LogP contribution is 2.38. The Bertz CT molecular complexity index is 1630. The number of ether oxygens (including phenoxy) is 3. The van der Waals surface area contributed by atoms with E-state index in [-0.39, 0.29) is 6.79 Å². The first kappa shape index (κ1) is 20.1. The van der Waals surface area contributed by atoms with Crippen LogP contribution in [-0.4, -0.2) is 18.9 Å². The number of hydrogen-bond acceptors (Lipinski definition) is 8. The zero-order valence-electron chi connectivity index (χ0n) is 18.0. The summed E-state index contributed by atoms with van der Waals surface area (Å²) in [4.78, 5) is 4.65. The molecule has 5 aromatic rings. The molecule has 0 fully saturated rings. The molecule has 0 atom stereocenters. The molecule has 8 heteroatoms. The second-order valence-electron chi connectivity index (χ2n) is 7.57. The van der Waals surface area contributed by atoms with Gasteiger partial charge in [0.15, 0.2) is 11.5 Å². The lowest BCUT2D eigenvalue weighted by molar-refractivity contribution is 0.174. The van der Waals surface area contributed by atoms with Gasteiger partial charge in [-0.1, -0.05) is 18.2 Å². The fraction of sp³-hybridized carbons (Fsp3) is 0.0769. The molecule has 0 bridgehead atoms. The Morgan fingerprint density at radius 3 is 2.85 bits per heavy atom. The van der Waals surface area contributed by atoms with Crippen molar-refractivity contribution in [3.8, 4) is 34.6 Å². The molecule has 7 nitrogen and oxygen atoms in total. The van der Waals surface area contributed by atoms with E-state index in [2.05, 4.69) is 16.4 Å². The number of fused-ring (bicyclic) bond motifs is 4. The highest BCUT2D eigenvalue weighted by Gasteiger charge is 2.16. The number of methoxy groups -OCH3 is 1. The molecule has 0 amide bonds. The summed E-state index contributed by atoms with van der Waals surface area (Å²) in [5, 5.41) is 17.5. The third-order valence-electron chi connectivity index (χ3n) is 5.59. The number of thiazole rings is 1. The highest BCUT2D eigenvalue weighted by molar-refractivity contribution is 7.11. The van der Waals surface area contributed by atoms with Gasteiger partial charge in [0, 0.05) is 34.0 Å². The molecule has 34 heavy (non-hydrogen) atoms. The van der Waals surface area contributed by atoms with Gasteiger partial charge in [0.1, 0.15) is 33.6 Å². The summed E-state index contributed by atoms with van der Waals surface area (Å²) >= 11 is 1.40. The molecule has 1 aliphatic rings. The Balaban J connectivity index is 1.31. The van der Waals surface area contributed by atoms with E-state index in [1.54, 1.807) is 13.3 Å². The van der Waals surface area contributed by atoms with E-state index in [1.807, 2.05) is 60.0 Å². The van der Waals surface area contributed by atoms with Crippen molar-refractivity contribution in [2.45, 2.75) is 0 Å². The van der Waals surface area contributed by atoms with Crippen molar-refractivity contribution < 1.29 is 18.6 Å². The molecular formula is C26H17N3O4S. The number of para-hydroxylation sites is 1. The van der Waals surface area contributed by atoms with Gasteiger partial charge < -0.3 is 23.9 Å². The average Bonchev–Trinajstić information content (AvgIpc) is 3.61. The lowest BCUT2D eigenvalue weighted by Gasteiger charge is -2.08. The number of anilines is 1. The molecule has 166 valence electrons. The molecule has 6 rings (SSSR count). The van der Waals surface area contributed by atoms with E-state index in [0.29, 0.717) is 27.8 Å². The summed E-state index contributed by atoms with van der Waals surface area (Å²) in [5.41, 5.74) is 4.30. The number of rotatable bonds is 5. The smallest absolute Gasteiger partial charge is 0.231 e. The Labute approximate surface area is 198 Å². The first-order chi connectivity index (χ1) is 16.7. The number of aromatic nitrogens is 1. The van der Waals surface area contributed by atoms with Gasteiger partial charge in [-0.25, -0.2) is 4.98 Å². The van der Waals surface area contributed by atoms with Gasteiger partial charge >= 0.3 is 0 Å². The van der Waals surface area contributed by atoms with E-state index in [9.17, 15) is 5.26 Å². The van der Waals surface area contributed by atoms with Gasteiger partial charge in [0.05, 0.1) is 18.5 Å². The van der Waals surface area contributed by atoms with Gasteiger partial charge in [-0.2, -0.15) is 5.26 Å². The lowest BCUT2D eigenvalue weighted by Crippen LogP contribution is -1.95. The standard InChI is InChI=1S/C26H17N3O4S/c1-30-24-9-18-17-4-2-3-5-21(17)33-23(18)10-19(24)28-12-16(11-27)26-29-20(13-34-26)15-6-7-22-25(8-15)32-14-31-22/h2-10,12-13,28H,14H2,1H3. The number of nitrogens with one attached hydrogen (secondary N) is 1. The molecule has 0 saturated carbocycles. The highest BCUT2D eigenvalue weighted by atomic mass is 32.1. The maximum atomic E-state index is 9.78. The third kappa shape index (κ3) is 3.39. The van der Waals surface area contributed by atoms with E-state index in [0.717, 1.165) is 38.9 Å². The number of nitriles is 1. The fourth-order valence-corrected chi connectivity index (χ4v) is 4.71. The number of furan rings is 1. The number of allylic oxidation sites excluding steroid dienone is 1. The van der Waals surface area contributed by atoms with Gasteiger partial charge in [0.25, 0.3) is 0 Å². The van der Waals surface area contributed by atoms with Crippen molar-refractivity contribution in [2.24, 2.45) is 0 Å². The topological polar surface area (TPSA) is 89.5 Å². The summed E-state index contributed by atoms with van der Waals surface area (Å²) in [7, 11) is 1.61. The van der Waals surface area contributed by atoms with Crippen LogP contribution in [0.4, 0.5) is 5.69 Å². The van der Waals surface area contributed by atoms with Crippen LogP contribution in [0.5, 0.6) is 17.2 Å². The number of benzene rings is 3. The second kappa shape index (κ2) is 8.14. The average molecular weight is 468 g/mol. The molecule has 3 aromatic carbocycles. The Hall–Kier alpha value is -4.48. The van der Waals surface area contributed by atoms with Crippen molar-refractivity contribution in [1.29, 1.82) is 5.26 Å². The van der Waals surface area contributed by atoms with Gasteiger partial charge in [-0.15, -0.1) is 11.3 Å². The van der Waals surface area contributed by atoms with Gasteiger partial charge in [-0.3, -0.25) is 0 Å². The van der Waals surface area contributed by atoms with Crippen LogP contribution >= 0.6 is 11.3 Å². The first-order valence-electron chi connectivity index (χ1n) is 10.5. The number of hydrogen-bond donors (Lipinski definition) is 1. The third-order valence-corrected chi connectivity index (χ3v) is 6.47. The van der Waals surface area contributed by atoms with Gasteiger partial charge in [-0.05, 0) is 30.3 Å². The fourth-order valence-electron chi connectivity index (χ4n) is 3.91. The van der Waals surface area contributed by atoms with Crippen LogP contribution in [-0.2, 0) is 0 Å². The number of nitrogens with zero attached hydrogens (tertiary/aromatic N) is 2. The monoisotopic (exact) mass is 467 g/mol. The molecule has 1 aliphatic heterocycles. The summed E-state index contributed by atoms with van der Waals surface area (Å²) in [6.45, 7) is 0.220. The van der Waals surface area contributed by atoms with Crippen LogP contribution in [0.15, 0.2) is 70.6 Å². The zero-order valence-corrected chi connectivity index (χ0v) is 18.8. The molecule has 1 N–H and O–H groups in total. The molecule has 0 saturated heterocycles. The summed E-state index contributed by atoms with van der Waals surface area (Å²) in [5.74, 6) is 2.06. The van der Waals surface area contributed by atoms with Crippen LogP contribution in [0.3, 0.4) is 0 Å². The predicted octanol–water partition coefficient (Wildman–Crippen LogP) is 6.42. The molecule has 0 aliphatic carbocycles. The van der Waals surface area contributed by atoms with Crippen molar-refractivity contribution in [1.82, 2.24) is 4.98 Å². The largest absolute Gasteiger partial charge is 0.495 e. The minimum absolute atomic E-state index is 0.220. The SMILES string of the molecule is COc1cc2c(cc1NC=C(C#N)c1nc(-c3ccc4c(c3)OCO4)cs1)oc1ccccc12. The van der Waals surface area contributed by atoms with E-state index < -0.39 is 0 Å². The van der Waals surface area contributed by atoms with Crippen LogP contribution < -0.4 is 19.5 Å². The Kier molecular flexibility index (Phi) is 4.82. The first-order valence-corrected chi connectivity index (χ1v) is 11.3. The van der Waals surface area contributed by atoms with Crippen molar-refractivity contribution in [3.63, 3.8) is 0 Å². The van der Waals surface area contributed by atoms with Crippen molar-refractivity contribution in [2.75, 3.05) is 19.2 Å². The quantitative estimate of drug-likeness (QED) is 0.298.